The van der Waals surface area contributed by atoms with Crippen LogP contribution in [0.3, 0.4) is 0 Å². The number of aliphatic hydroxyl groups excluding tert-OH is 1. The average Bonchev–Trinajstić information content (AvgIpc) is 2.49. The number of rotatable bonds is 9. The molecular formula is C16H24O4. The highest BCUT2D eigenvalue weighted by molar-refractivity contribution is 5.89. The first-order chi connectivity index (χ1) is 9.67. The molecule has 1 aromatic rings. The second kappa shape index (κ2) is 9.37. The monoisotopic (exact) mass is 280 g/mol. The first-order valence-electron chi connectivity index (χ1n) is 7.16. The van der Waals surface area contributed by atoms with Crippen molar-refractivity contribution >= 4 is 5.97 Å². The van der Waals surface area contributed by atoms with Crippen molar-refractivity contribution in [2.24, 2.45) is 0 Å². The maximum absolute atomic E-state index is 11.3. The molecule has 0 aliphatic carbocycles. The van der Waals surface area contributed by atoms with Gasteiger partial charge >= 0.3 is 5.97 Å². The molecule has 4 heteroatoms. The Morgan fingerprint density at radius 2 is 1.90 bits per heavy atom. The van der Waals surface area contributed by atoms with Crippen LogP contribution in [-0.2, 0) is 4.74 Å². The van der Waals surface area contributed by atoms with Crippen molar-refractivity contribution < 1.29 is 19.4 Å². The zero-order valence-electron chi connectivity index (χ0n) is 12.3. The Morgan fingerprint density at radius 1 is 1.20 bits per heavy atom. The minimum Gasteiger partial charge on any atom is -0.491 e. The minimum atomic E-state index is -0.438. The largest absolute Gasteiger partial charge is 0.491 e. The number of esters is 1. The van der Waals surface area contributed by atoms with Gasteiger partial charge in [-0.3, -0.25) is 0 Å². The van der Waals surface area contributed by atoms with Gasteiger partial charge in [0.1, 0.15) is 12.4 Å². The lowest BCUT2D eigenvalue weighted by molar-refractivity contribution is 0.0600. The molecule has 1 aromatic carbocycles. The molecule has 0 heterocycles. The number of ether oxygens (including phenoxy) is 2. The third kappa shape index (κ3) is 6.06. The van der Waals surface area contributed by atoms with E-state index in [0.29, 0.717) is 11.3 Å². The van der Waals surface area contributed by atoms with Crippen molar-refractivity contribution in [3.05, 3.63) is 29.8 Å². The highest BCUT2D eigenvalue weighted by Crippen LogP contribution is 2.14. The van der Waals surface area contributed by atoms with Crippen molar-refractivity contribution in [2.45, 2.75) is 45.1 Å². The first-order valence-corrected chi connectivity index (χ1v) is 7.16. The van der Waals surface area contributed by atoms with Crippen molar-refractivity contribution in [3.63, 3.8) is 0 Å². The second-order valence-corrected chi connectivity index (χ2v) is 4.83. The Labute approximate surface area is 120 Å². The molecule has 0 radical (unpaired) electrons. The first kappa shape index (κ1) is 16.5. The molecular weight excluding hydrogens is 256 g/mol. The standard InChI is InChI=1S/C16H24O4/c1-3-4-5-6-7-14(17)12-20-15-10-8-13(9-11-15)16(18)19-2/h8-11,14,17H,3-7,12H2,1-2H3. The van der Waals surface area contributed by atoms with Crippen LogP contribution in [0.5, 0.6) is 5.75 Å². The molecule has 1 N–H and O–H groups in total. The molecule has 1 atom stereocenters. The van der Waals surface area contributed by atoms with Gasteiger partial charge in [-0.05, 0) is 30.7 Å². The number of methoxy groups -OCH3 is 1. The second-order valence-electron chi connectivity index (χ2n) is 4.83. The SMILES string of the molecule is CCCCCCC(O)COc1ccc(C(=O)OC)cc1. The van der Waals surface area contributed by atoms with Gasteiger partial charge in [0.15, 0.2) is 0 Å². The summed E-state index contributed by atoms with van der Waals surface area (Å²) >= 11 is 0. The van der Waals surface area contributed by atoms with Gasteiger partial charge in [-0.2, -0.15) is 0 Å². The number of aliphatic hydroxyl groups is 1. The van der Waals surface area contributed by atoms with Crippen LogP contribution < -0.4 is 4.74 Å². The fourth-order valence-electron chi connectivity index (χ4n) is 1.89. The van der Waals surface area contributed by atoms with E-state index < -0.39 is 6.10 Å². The summed E-state index contributed by atoms with van der Waals surface area (Å²) in [6, 6.07) is 6.70. The number of hydrogen-bond acceptors (Lipinski definition) is 4. The van der Waals surface area contributed by atoms with E-state index in [0.717, 1.165) is 19.3 Å². The van der Waals surface area contributed by atoms with Gasteiger partial charge in [0, 0.05) is 0 Å². The fourth-order valence-corrected chi connectivity index (χ4v) is 1.89. The molecule has 112 valence electrons. The van der Waals surface area contributed by atoms with Crippen LogP contribution in [0.1, 0.15) is 49.4 Å². The van der Waals surface area contributed by atoms with Crippen LogP contribution in [0.15, 0.2) is 24.3 Å². The lowest BCUT2D eigenvalue weighted by Crippen LogP contribution is -2.17. The van der Waals surface area contributed by atoms with Crippen LogP contribution in [0.25, 0.3) is 0 Å². The van der Waals surface area contributed by atoms with Crippen LogP contribution in [0.4, 0.5) is 0 Å². The summed E-state index contributed by atoms with van der Waals surface area (Å²) in [5.74, 6) is 0.276. The lowest BCUT2D eigenvalue weighted by Gasteiger charge is -2.12. The molecule has 1 rings (SSSR count). The zero-order chi connectivity index (χ0) is 14.8. The Hall–Kier alpha value is -1.55. The summed E-state index contributed by atoms with van der Waals surface area (Å²) in [7, 11) is 1.35. The topological polar surface area (TPSA) is 55.8 Å². The summed E-state index contributed by atoms with van der Waals surface area (Å²) in [5, 5.41) is 9.79. The summed E-state index contributed by atoms with van der Waals surface area (Å²) in [4.78, 5) is 11.3. The van der Waals surface area contributed by atoms with E-state index in [1.807, 2.05) is 0 Å². The van der Waals surface area contributed by atoms with Crippen molar-refractivity contribution in [2.75, 3.05) is 13.7 Å². The third-order valence-electron chi connectivity index (χ3n) is 3.11. The number of carbonyl (C=O) groups is 1. The highest BCUT2D eigenvalue weighted by Gasteiger charge is 2.07. The molecule has 0 saturated carbocycles. The van der Waals surface area contributed by atoms with E-state index in [1.165, 1.54) is 20.0 Å². The van der Waals surface area contributed by atoms with Gasteiger partial charge in [-0.25, -0.2) is 4.79 Å². The molecule has 0 saturated heterocycles. The quantitative estimate of drug-likeness (QED) is 0.557. The number of benzene rings is 1. The summed E-state index contributed by atoms with van der Waals surface area (Å²) in [5.41, 5.74) is 0.486. The maximum atomic E-state index is 11.3. The van der Waals surface area contributed by atoms with E-state index in [-0.39, 0.29) is 12.6 Å². The number of hydrogen-bond donors (Lipinski definition) is 1. The van der Waals surface area contributed by atoms with Gasteiger partial charge in [0.05, 0.1) is 18.8 Å². The van der Waals surface area contributed by atoms with Gasteiger partial charge in [0.25, 0.3) is 0 Å². The highest BCUT2D eigenvalue weighted by atomic mass is 16.5. The molecule has 4 nitrogen and oxygen atoms in total. The average molecular weight is 280 g/mol. The van der Waals surface area contributed by atoms with E-state index >= 15 is 0 Å². The van der Waals surface area contributed by atoms with Crippen LogP contribution in [0.2, 0.25) is 0 Å². The predicted octanol–water partition coefficient (Wildman–Crippen LogP) is 3.18. The lowest BCUT2D eigenvalue weighted by atomic mass is 10.1. The zero-order valence-corrected chi connectivity index (χ0v) is 12.3. The Kier molecular flexibility index (Phi) is 7.73. The van der Waals surface area contributed by atoms with E-state index in [9.17, 15) is 9.90 Å². The Balaban J connectivity index is 2.29. The minimum absolute atomic E-state index is 0.281. The number of unbranched alkanes of at least 4 members (excludes halogenated alkanes) is 3. The van der Waals surface area contributed by atoms with Gasteiger partial charge in [-0.15, -0.1) is 0 Å². The molecule has 0 bridgehead atoms. The molecule has 0 spiro atoms. The van der Waals surface area contributed by atoms with Crippen LogP contribution in [0, 0.1) is 0 Å². The molecule has 0 amide bonds. The molecule has 0 aromatic heterocycles. The Morgan fingerprint density at radius 3 is 2.50 bits per heavy atom. The number of carbonyl (C=O) groups excluding carboxylic acids is 1. The maximum Gasteiger partial charge on any atom is 0.337 e. The smallest absolute Gasteiger partial charge is 0.337 e. The van der Waals surface area contributed by atoms with E-state index in [1.54, 1.807) is 24.3 Å². The van der Waals surface area contributed by atoms with Crippen LogP contribution in [-0.4, -0.2) is 30.9 Å². The molecule has 20 heavy (non-hydrogen) atoms. The molecule has 0 aliphatic rings. The van der Waals surface area contributed by atoms with E-state index in [2.05, 4.69) is 11.7 Å². The van der Waals surface area contributed by atoms with Crippen LogP contribution >= 0.6 is 0 Å². The Bertz CT molecular complexity index is 386. The molecule has 0 aliphatic heterocycles. The van der Waals surface area contributed by atoms with Crippen molar-refractivity contribution in [1.29, 1.82) is 0 Å². The predicted molar refractivity (Wildman–Crippen MR) is 78.0 cm³/mol. The summed E-state index contributed by atoms with van der Waals surface area (Å²) in [6.45, 7) is 2.45. The van der Waals surface area contributed by atoms with E-state index in [4.69, 9.17) is 4.74 Å². The van der Waals surface area contributed by atoms with Gasteiger partial charge in [-0.1, -0.05) is 32.6 Å². The van der Waals surface area contributed by atoms with Gasteiger partial charge < -0.3 is 14.6 Å². The third-order valence-corrected chi connectivity index (χ3v) is 3.11. The molecule has 0 fully saturated rings. The summed E-state index contributed by atoms with van der Waals surface area (Å²) in [6.07, 6.45) is 4.91. The van der Waals surface area contributed by atoms with Crippen molar-refractivity contribution in [1.82, 2.24) is 0 Å². The fraction of sp³-hybridized carbons (Fsp3) is 0.562. The van der Waals surface area contributed by atoms with Crippen molar-refractivity contribution in [3.8, 4) is 5.75 Å². The van der Waals surface area contributed by atoms with Gasteiger partial charge in [0.2, 0.25) is 0 Å². The summed E-state index contributed by atoms with van der Waals surface area (Å²) < 4.78 is 10.1. The molecule has 1 unspecified atom stereocenters. The normalized spacial score (nSPS) is 11.9.